The quantitative estimate of drug-likeness (QED) is 0.0668. The second-order valence-corrected chi connectivity index (χ2v) is 29.7. The van der Waals surface area contributed by atoms with Gasteiger partial charge in [0.1, 0.15) is 24.7 Å². The molecular weight excluding hydrogens is 997 g/mol. The van der Waals surface area contributed by atoms with Gasteiger partial charge in [-0.2, -0.15) is 0 Å². The summed E-state index contributed by atoms with van der Waals surface area (Å²) in [5, 5.41) is 15.1. The minimum absolute atomic E-state index is 0.147. The van der Waals surface area contributed by atoms with Gasteiger partial charge in [0.2, 0.25) is 0 Å². The Bertz CT molecular complexity index is 2820. The topological polar surface area (TPSA) is 18.5 Å². The van der Waals surface area contributed by atoms with Crippen LogP contribution in [-0.4, -0.2) is 13.2 Å². The van der Waals surface area contributed by atoms with Gasteiger partial charge in [0, 0.05) is 21.2 Å². The van der Waals surface area contributed by atoms with E-state index >= 15 is 0 Å². The molecule has 0 heterocycles. The summed E-state index contributed by atoms with van der Waals surface area (Å²) in [6.45, 7) is 14.7. The van der Waals surface area contributed by atoms with Crippen molar-refractivity contribution in [2.75, 3.05) is 13.2 Å². The van der Waals surface area contributed by atoms with E-state index in [1.165, 1.54) is 74.8 Å². The Labute approximate surface area is 457 Å². The van der Waals surface area contributed by atoms with Crippen molar-refractivity contribution in [1.29, 1.82) is 0 Å². The van der Waals surface area contributed by atoms with Gasteiger partial charge in [-0.3, -0.25) is 0 Å². The molecule has 0 bridgehead atoms. The van der Waals surface area contributed by atoms with Crippen molar-refractivity contribution in [2.24, 2.45) is 0 Å². The molecule has 378 valence electrons. The highest BCUT2D eigenvalue weighted by Crippen LogP contribution is 2.46. The van der Waals surface area contributed by atoms with Crippen molar-refractivity contribution < 1.29 is 9.47 Å². The van der Waals surface area contributed by atoms with Gasteiger partial charge in [-0.25, -0.2) is 0 Å². The van der Waals surface area contributed by atoms with E-state index < -0.39 is 31.7 Å². The zero-order valence-corrected chi connectivity index (χ0v) is 48.0. The van der Waals surface area contributed by atoms with Gasteiger partial charge in [-0.1, -0.05) is 284 Å². The maximum atomic E-state index is 7.64. The first kappa shape index (κ1) is 52.9. The lowest BCUT2D eigenvalue weighted by molar-refractivity contribution is 0.221. The summed E-state index contributed by atoms with van der Waals surface area (Å²) >= 11 is 0. The van der Waals surface area contributed by atoms with Gasteiger partial charge in [-0.05, 0) is 120 Å². The Kier molecular flexibility index (Phi) is 16.9. The van der Waals surface area contributed by atoms with Crippen molar-refractivity contribution in [3.63, 3.8) is 0 Å². The van der Waals surface area contributed by atoms with E-state index in [0.717, 1.165) is 11.5 Å². The fourth-order valence-corrected chi connectivity index (χ4v) is 19.6. The number of rotatable bonds is 17. The SMILES string of the molecule is CC(C)(C)c1cc(P(c2ccccc2)c2ccccc2)c(OCCOc2c(P(c3ccccc3)c3ccccc3)cc(C(C)(C)C)cc2P(c2ccccc2)c2ccccc2)c(P(c2ccccc2)c2ccccc2)c1. The molecular formula is C70H66O2P4. The normalized spacial score (nSPS) is 11.9. The molecule has 0 aliphatic heterocycles. The molecule has 10 aromatic rings. The van der Waals surface area contributed by atoms with E-state index in [-0.39, 0.29) is 10.8 Å². The molecule has 0 radical (unpaired) electrons. The Hall–Kier alpha value is -6.48. The largest absolute Gasteiger partial charge is 0.489 e. The van der Waals surface area contributed by atoms with Crippen LogP contribution < -0.4 is 73.1 Å². The molecule has 10 rings (SSSR count). The van der Waals surface area contributed by atoms with E-state index in [1.807, 2.05) is 0 Å². The van der Waals surface area contributed by atoms with Crippen LogP contribution in [0, 0.1) is 0 Å². The van der Waals surface area contributed by atoms with Crippen molar-refractivity contribution in [3.8, 4) is 11.5 Å². The van der Waals surface area contributed by atoms with Crippen LogP contribution in [0.25, 0.3) is 0 Å². The van der Waals surface area contributed by atoms with E-state index in [9.17, 15) is 0 Å². The Balaban J connectivity index is 1.19. The van der Waals surface area contributed by atoms with E-state index in [0.29, 0.717) is 13.2 Å². The van der Waals surface area contributed by atoms with Crippen LogP contribution in [0.1, 0.15) is 52.7 Å². The predicted molar refractivity (Wildman–Crippen MR) is 336 cm³/mol. The van der Waals surface area contributed by atoms with Gasteiger partial charge >= 0.3 is 0 Å². The number of hydrogen-bond acceptors (Lipinski definition) is 2. The van der Waals surface area contributed by atoms with Crippen molar-refractivity contribution in [1.82, 2.24) is 0 Å². The molecule has 0 N–H and O–H groups in total. The lowest BCUT2D eigenvalue weighted by Gasteiger charge is -2.32. The summed E-state index contributed by atoms with van der Waals surface area (Å²) < 4.78 is 15.3. The van der Waals surface area contributed by atoms with E-state index in [4.69, 9.17) is 9.47 Å². The number of benzene rings is 10. The minimum atomic E-state index is -1.07. The molecule has 0 aliphatic rings. The Morgan fingerprint density at radius 2 is 0.408 bits per heavy atom. The molecule has 0 unspecified atom stereocenters. The number of hydrogen-bond donors (Lipinski definition) is 0. The van der Waals surface area contributed by atoms with Crippen LogP contribution in [0.5, 0.6) is 11.5 Å². The monoisotopic (exact) mass is 1060 g/mol. The molecule has 0 spiro atoms. The summed E-state index contributed by atoms with van der Waals surface area (Å²) in [6.07, 6.45) is 0. The van der Waals surface area contributed by atoms with Crippen LogP contribution in [-0.2, 0) is 10.8 Å². The van der Waals surface area contributed by atoms with Crippen LogP contribution in [0.15, 0.2) is 267 Å². The van der Waals surface area contributed by atoms with Gasteiger partial charge in [0.15, 0.2) is 0 Å². The third-order valence-corrected chi connectivity index (χ3v) is 23.3. The van der Waals surface area contributed by atoms with Gasteiger partial charge in [0.25, 0.3) is 0 Å². The summed E-state index contributed by atoms with van der Waals surface area (Å²) in [5.74, 6) is 1.90. The van der Waals surface area contributed by atoms with Gasteiger partial charge in [-0.15, -0.1) is 0 Å². The molecule has 0 atom stereocenters. The van der Waals surface area contributed by atoms with E-state index in [1.54, 1.807) is 0 Å². The third kappa shape index (κ3) is 12.2. The molecule has 2 nitrogen and oxygen atoms in total. The van der Waals surface area contributed by atoms with Gasteiger partial charge in [0.05, 0.1) is 0 Å². The molecule has 0 aliphatic carbocycles. The van der Waals surface area contributed by atoms with Crippen LogP contribution >= 0.6 is 31.7 Å². The second kappa shape index (κ2) is 24.2. The summed E-state index contributed by atoms with van der Waals surface area (Å²) in [6, 6.07) is 98.5. The zero-order valence-electron chi connectivity index (χ0n) is 44.4. The molecule has 10 aromatic carbocycles. The highest BCUT2D eigenvalue weighted by molar-refractivity contribution is 7.82. The van der Waals surface area contributed by atoms with Crippen LogP contribution in [0.4, 0.5) is 0 Å². The van der Waals surface area contributed by atoms with Gasteiger partial charge < -0.3 is 9.47 Å². The first-order valence-electron chi connectivity index (χ1n) is 26.3. The molecule has 76 heavy (non-hydrogen) atoms. The fourth-order valence-electron chi connectivity index (χ4n) is 9.64. The predicted octanol–water partition coefficient (Wildman–Crippen LogP) is 12.8. The molecule has 0 saturated carbocycles. The van der Waals surface area contributed by atoms with Crippen molar-refractivity contribution in [3.05, 3.63) is 278 Å². The molecule has 0 aromatic heterocycles. The van der Waals surface area contributed by atoms with Crippen LogP contribution in [0.2, 0.25) is 0 Å². The average molecular weight is 1060 g/mol. The highest BCUT2D eigenvalue weighted by Gasteiger charge is 2.33. The molecule has 0 amide bonds. The first-order chi connectivity index (χ1) is 37.0. The number of ether oxygens (including phenoxy) is 2. The zero-order chi connectivity index (χ0) is 52.5. The van der Waals surface area contributed by atoms with E-state index in [2.05, 4.69) is 308 Å². The van der Waals surface area contributed by atoms with Crippen LogP contribution in [0.3, 0.4) is 0 Å². The highest BCUT2D eigenvalue weighted by atomic mass is 31.1. The molecule has 0 fully saturated rings. The molecule has 6 heteroatoms. The maximum Gasteiger partial charge on any atom is 0.136 e. The summed E-state index contributed by atoms with van der Waals surface area (Å²) in [5.41, 5.74) is 2.29. The first-order valence-corrected chi connectivity index (χ1v) is 31.6. The summed E-state index contributed by atoms with van der Waals surface area (Å²) in [4.78, 5) is 0. The molecule has 0 saturated heterocycles. The fraction of sp³-hybridized carbons (Fsp3) is 0.143. The standard InChI is InChI=1S/C70H66O2P4/c1-69(2,3)53-49-63(73(55-31-15-7-16-32-55)56-33-17-8-18-34-56)67(64(50-53)74(57-35-19-9-20-36-57)58-37-21-10-22-38-58)71-47-48-72-68-65(75(59-39-23-11-24-40-59)60-41-25-12-26-42-60)51-54(70(4,5)6)52-66(68)76(61-43-27-13-28-44-61)62-45-29-14-30-46-62/h7-46,49-52H,47-48H2,1-6H3. The average Bonchev–Trinajstić information content (AvgIpc) is 3.47. The third-order valence-electron chi connectivity index (χ3n) is 13.5. The lowest BCUT2D eigenvalue weighted by Crippen LogP contribution is -2.33. The van der Waals surface area contributed by atoms with Crippen molar-refractivity contribution in [2.45, 2.75) is 52.4 Å². The smallest absolute Gasteiger partial charge is 0.136 e. The Morgan fingerprint density at radius 1 is 0.250 bits per heavy atom. The summed E-state index contributed by atoms with van der Waals surface area (Å²) in [7, 11) is -4.28. The second-order valence-electron chi connectivity index (χ2n) is 20.9. The maximum absolute atomic E-state index is 7.64. The minimum Gasteiger partial charge on any atom is -0.489 e. The Morgan fingerprint density at radius 3 is 0.553 bits per heavy atom. The van der Waals surface area contributed by atoms with Crippen molar-refractivity contribution >= 4 is 95.3 Å². The lowest BCUT2D eigenvalue weighted by atomic mass is 9.87.